The number of aryl methyl sites for hydroxylation is 2. The molecule has 8 heteroatoms. The fraction of sp³-hybridized carbons (Fsp3) is 0.154. The Labute approximate surface area is 194 Å². The summed E-state index contributed by atoms with van der Waals surface area (Å²) in [7, 11) is 3.16. The lowest BCUT2D eigenvalue weighted by Crippen LogP contribution is -2.37. The highest BCUT2D eigenvalue weighted by molar-refractivity contribution is 5.98. The second-order valence-corrected chi connectivity index (χ2v) is 8.54. The van der Waals surface area contributed by atoms with Gasteiger partial charge >= 0.3 is 5.69 Å². The third-order valence-electron chi connectivity index (χ3n) is 6.39. The van der Waals surface area contributed by atoms with Gasteiger partial charge in [0.2, 0.25) is 0 Å². The van der Waals surface area contributed by atoms with E-state index in [0.29, 0.717) is 45.2 Å². The Hall–Kier alpha value is -4.46. The van der Waals surface area contributed by atoms with Gasteiger partial charge < -0.3 is 19.5 Å². The molecule has 0 saturated carbocycles. The Morgan fingerprint density at radius 3 is 2.41 bits per heavy atom. The minimum atomic E-state index is -0.678. The zero-order valence-electron chi connectivity index (χ0n) is 18.9. The molecule has 0 radical (unpaired) electrons. The van der Waals surface area contributed by atoms with E-state index in [1.165, 1.54) is 11.6 Å². The van der Waals surface area contributed by atoms with Crippen molar-refractivity contribution in [2.75, 3.05) is 5.73 Å². The average Bonchev–Trinajstić information content (AvgIpc) is 3.43. The Balaban J connectivity index is 1.89. The van der Waals surface area contributed by atoms with Crippen molar-refractivity contribution in [3.8, 4) is 22.7 Å². The summed E-state index contributed by atoms with van der Waals surface area (Å²) in [5, 5.41) is 0.429. The first-order chi connectivity index (χ1) is 16.4. The quantitative estimate of drug-likeness (QED) is 0.411. The van der Waals surface area contributed by atoms with Crippen molar-refractivity contribution in [1.82, 2.24) is 13.7 Å². The van der Waals surface area contributed by atoms with Gasteiger partial charge in [0.05, 0.1) is 28.0 Å². The number of benzene rings is 2. The van der Waals surface area contributed by atoms with Crippen molar-refractivity contribution in [3.05, 3.63) is 98.7 Å². The van der Waals surface area contributed by atoms with Crippen LogP contribution in [-0.2, 0) is 14.1 Å². The van der Waals surface area contributed by atoms with Crippen LogP contribution in [0.1, 0.15) is 23.3 Å². The first kappa shape index (κ1) is 20.2. The molecule has 8 nitrogen and oxygen atoms in total. The fourth-order valence-corrected chi connectivity index (χ4v) is 4.84. The lowest BCUT2D eigenvalue weighted by Gasteiger charge is -2.29. The number of fused-ring (bicyclic) bond motifs is 5. The standard InChI is InChI=1S/C26H22N4O4/c1-14-9-11-19(33-14)24-23-22-20(25(31)29(3)26(32)28(22)2)21(15-7-5-4-6-8-15)30(23)17-13-16(27)10-12-18(17)34-24/h4-13,24H,27H2,1-3H3. The second kappa shape index (κ2) is 7.02. The third-order valence-corrected chi connectivity index (χ3v) is 6.39. The lowest BCUT2D eigenvalue weighted by molar-refractivity contribution is 0.197. The van der Waals surface area contributed by atoms with Crippen molar-refractivity contribution < 1.29 is 9.15 Å². The molecule has 170 valence electrons. The normalized spacial score (nSPS) is 14.6. The topological polar surface area (TPSA) is 97.3 Å². The van der Waals surface area contributed by atoms with E-state index in [9.17, 15) is 9.59 Å². The highest BCUT2D eigenvalue weighted by Crippen LogP contribution is 2.47. The molecule has 0 fully saturated rings. The number of nitrogens with zero attached hydrogens (tertiary/aromatic N) is 3. The molecule has 0 saturated heterocycles. The monoisotopic (exact) mass is 454 g/mol. The summed E-state index contributed by atoms with van der Waals surface area (Å²) in [6, 6.07) is 18.8. The van der Waals surface area contributed by atoms with Gasteiger partial charge in [-0.3, -0.25) is 13.9 Å². The molecule has 5 aromatic rings. The highest BCUT2D eigenvalue weighted by Gasteiger charge is 2.37. The van der Waals surface area contributed by atoms with E-state index in [4.69, 9.17) is 14.9 Å². The van der Waals surface area contributed by atoms with Gasteiger partial charge in [-0.1, -0.05) is 30.3 Å². The SMILES string of the molecule is Cc1ccc(C2Oc3ccc(N)cc3-n3c(-c4ccccc4)c4c(=O)n(C)c(=O)n(C)c4c32)o1. The molecule has 0 aliphatic carbocycles. The summed E-state index contributed by atoms with van der Waals surface area (Å²) < 4.78 is 17.0. The van der Waals surface area contributed by atoms with Gasteiger partial charge in [-0.25, -0.2) is 4.79 Å². The van der Waals surface area contributed by atoms with Crippen molar-refractivity contribution in [1.29, 1.82) is 0 Å². The Morgan fingerprint density at radius 2 is 1.71 bits per heavy atom. The fourth-order valence-electron chi connectivity index (χ4n) is 4.84. The molecule has 1 unspecified atom stereocenters. The van der Waals surface area contributed by atoms with E-state index in [1.807, 2.05) is 66.1 Å². The van der Waals surface area contributed by atoms with Crippen LogP contribution in [0.4, 0.5) is 5.69 Å². The van der Waals surface area contributed by atoms with Crippen molar-refractivity contribution in [3.63, 3.8) is 0 Å². The number of hydrogen-bond acceptors (Lipinski definition) is 5. The molecule has 6 rings (SSSR count). The molecule has 1 atom stereocenters. The van der Waals surface area contributed by atoms with Crippen molar-refractivity contribution >= 4 is 16.6 Å². The molecule has 0 spiro atoms. The second-order valence-electron chi connectivity index (χ2n) is 8.54. The van der Waals surface area contributed by atoms with E-state index in [1.54, 1.807) is 13.1 Å². The number of furan rings is 1. The number of ether oxygens (including phenoxy) is 1. The van der Waals surface area contributed by atoms with Gasteiger partial charge in [-0.2, -0.15) is 0 Å². The predicted octanol–water partition coefficient (Wildman–Crippen LogP) is 3.66. The van der Waals surface area contributed by atoms with Crippen molar-refractivity contribution in [2.45, 2.75) is 13.0 Å². The number of aromatic nitrogens is 3. The largest absolute Gasteiger partial charge is 0.474 e. The zero-order chi connectivity index (χ0) is 23.7. The summed E-state index contributed by atoms with van der Waals surface area (Å²) in [6.07, 6.45) is -0.678. The maximum absolute atomic E-state index is 13.6. The van der Waals surface area contributed by atoms with Gasteiger partial charge in [0, 0.05) is 19.8 Å². The van der Waals surface area contributed by atoms with Crippen LogP contribution in [0.25, 0.3) is 27.8 Å². The number of nitrogens with two attached hydrogens (primary N) is 1. The van der Waals surface area contributed by atoms with Gasteiger partial charge in [0.25, 0.3) is 5.56 Å². The molecule has 1 aliphatic rings. The summed E-state index contributed by atoms with van der Waals surface area (Å²) in [5.41, 5.74) is 9.27. The smallest absolute Gasteiger partial charge is 0.331 e. The molecule has 0 bridgehead atoms. The first-order valence-electron chi connectivity index (χ1n) is 10.9. The van der Waals surface area contributed by atoms with Gasteiger partial charge in [0.15, 0.2) is 11.9 Å². The molecule has 0 amide bonds. The molecular formula is C26H22N4O4. The van der Waals surface area contributed by atoms with Crippen molar-refractivity contribution in [2.24, 2.45) is 14.1 Å². The minimum Gasteiger partial charge on any atom is -0.474 e. The van der Waals surface area contributed by atoms with Gasteiger partial charge in [0.1, 0.15) is 11.5 Å². The maximum atomic E-state index is 13.6. The number of rotatable bonds is 2. The van der Waals surface area contributed by atoms with Crippen LogP contribution in [0.15, 0.2) is 74.7 Å². The van der Waals surface area contributed by atoms with E-state index < -0.39 is 11.8 Å². The molecule has 2 aromatic carbocycles. The number of hydrogen-bond donors (Lipinski definition) is 1. The first-order valence-corrected chi connectivity index (χ1v) is 10.9. The van der Waals surface area contributed by atoms with E-state index in [2.05, 4.69) is 0 Å². The Bertz CT molecular complexity index is 1720. The summed E-state index contributed by atoms with van der Waals surface area (Å²) in [4.78, 5) is 26.6. The van der Waals surface area contributed by atoms with E-state index >= 15 is 0 Å². The molecule has 1 aliphatic heterocycles. The van der Waals surface area contributed by atoms with Crippen LogP contribution in [0.5, 0.6) is 5.75 Å². The maximum Gasteiger partial charge on any atom is 0.331 e. The molecule has 4 heterocycles. The average molecular weight is 454 g/mol. The molecule has 34 heavy (non-hydrogen) atoms. The zero-order valence-corrected chi connectivity index (χ0v) is 18.9. The minimum absolute atomic E-state index is 0.376. The molecule has 3 aromatic heterocycles. The molecule has 2 N–H and O–H groups in total. The van der Waals surface area contributed by atoms with Gasteiger partial charge in [-0.05, 0) is 42.8 Å². The van der Waals surface area contributed by atoms with Gasteiger partial charge in [-0.15, -0.1) is 0 Å². The van der Waals surface area contributed by atoms with Crippen LogP contribution in [0.2, 0.25) is 0 Å². The van der Waals surface area contributed by atoms with Crippen LogP contribution >= 0.6 is 0 Å². The number of anilines is 1. The van der Waals surface area contributed by atoms with Crippen LogP contribution in [-0.4, -0.2) is 13.7 Å². The summed E-state index contributed by atoms with van der Waals surface area (Å²) >= 11 is 0. The third kappa shape index (κ3) is 2.65. The molecular weight excluding hydrogens is 432 g/mol. The van der Waals surface area contributed by atoms with E-state index in [-0.39, 0.29) is 5.56 Å². The summed E-state index contributed by atoms with van der Waals surface area (Å²) in [5.74, 6) is 1.91. The number of nitrogen functional groups attached to an aromatic ring is 1. The van der Waals surface area contributed by atoms with Crippen LogP contribution in [0, 0.1) is 6.92 Å². The predicted molar refractivity (Wildman–Crippen MR) is 130 cm³/mol. The van der Waals surface area contributed by atoms with Crippen LogP contribution in [0.3, 0.4) is 0 Å². The lowest BCUT2D eigenvalue weighted by atomic mass is 10.1. The van der Waals surface area contributed by atoms with Crippen LogP contribution < -0.4 is 21.7 Å². The Morgan fingerprint density at radius 1 is 0.941 bits per heavy atom. The highest BCUT2D eigenvalue weighted by atomic mass is 16.5. The Kier molecular flexibility index (Phi) is 4.16. The summed E-state index contributed by atoms with van der Waals surface area (Å²) in [6.45, 7) is 1.86. The van der Waals surface area contributed by atoms with E-state index in [0.717, 1.165) is 15.9 Å².